The van der Waals surface area contributed by atoms with Crippen LogP contribution in [0, 0.1) is 24.1 Å². The molecule has 0 fully saturated rings. The van der Waals surface area contributed by atoms with Gasteiger partial charge in [0.05, 0.1) is 11.6 Å². The minimum atomic E-state index is -0.371. The summed E-state index contributed by atoms with van der Waals surface area (Å²) in [7, 11) is 0. The molecule has 1 atom stereocenters. The molecule has 0 aromatic heterocycles. The molecule has 0 heterocycles. The predicted octanol–water partition coefficient (Wildman–Crippen LogP) is 3.86. The Morgan fingerprint density at radius 2 is 2.05 bits per heavy atom. The maximum atomic E-state index is 13.3. The molecule has 0 aliphatic rings. The molecule has 20 heavy (non-hydrogen) atoms. The van der Waals surface area contributed by atoms with Gasteiger partial charge in [0, 0.05) is 12.6 Å². The van der Waals surface area contributed by atoms with E-state index in [9.17, 15) is 4.39 Å². The lowest BCUT2D eigenvalue weighted by Crippen LogP contribution is -2.18. The van der Waals surface area contributed by atoms with E-state index >= 15 is 0 Å². The molecule has 0 aliphatic carbocycles. The van der Waals surface area contributed by atoms with Crippen LogP contribution in [0.3, 0.4) is 0 Å². The van der Waals surface area contributed by atoms with Gasteiger partial charge in [-0.05, 0) is 43.2 Å². The van der Waals surface area contributed by atoms with Crippen LogP contribution in [-0.4, -0.2) is 0 Å². The van der Waals surface area contributed by atoms with Crippen molar-refractivity contribution in [2.75, 3.05) is 0 Å². The smallest absolute Gasteiger partial charge is 0.124 e. The summed E-state index contributed by atoms with van der Waals surface area (Å²) in [6, 6.07) is 14.8. The Morgan fingerprint density at radius 1 is 1.25 bits per heavy atom. The van der Waals surface area contributed by atoms with Crippen LogP contribution in [0.2, 0.25) is 0 Å². The lowest BCUT2D eigenvalue weighted by Gasteiger charge is -2.15. The SMILES string of the molecule is Cc1cccc([C@@H](C)NCc2cc(F)cc(C#N)c2)c1. The molecular formula is C17H17FN2. The molecule has 0 saturated carbocycles. The third kappa shape index (κ3) is 3.66. The third-order valence-corrected chi connectivity index (χ3v) is 3.24. The van der Waals surface area contributed by atoms with E-state index in [-0.39, 0.29) is 11.9 Å². The summed E-state index contributed by atoms with van der Waals surface area (Å²) >= 11 is 0. The summed E-state index contributed by atoms with van der Waals surface area (Å²) in [5.41, 5.74) is 3.54. The first-order valence-corrected chi connectivity index (χ1v) is 6.58. The van der Waals surface area contributed by atoms with Crippen LogP contribution in [0.1, 0.15) is 35.2 Å². The molecule has 102 valence electrons. The molecule has 2 nitrogen and oxygen atoms in total. The highest BCUT2D eigenvalue weighted by Gasteiger charge is 2.06. The van der Waals surface area contributed by atoms with Gasteiger partial charge in [-0.3, -0.25) is 0 Å². The topological polar surface area (TPSA) is 35.8 Å². The summed E-state index contributed by atoms with van der Waals surface area (Å²) in [4.78, 5) is 0. The fourth-order valence-corrected chi connectivity index (χ4v) is 2.15. The van der Waals surface area contributed by atoms with Crippen molar-refractivity contribution in [2.24, 2.45) is 0 Å². The van der Waals surface area contributed by atoms with E-state index in [1.54, 1.807) is 6.07 Å². The monoisotopic (exact) mass is 268 g/mol. The quantitative estimate of drug-likeness (QED) is 0.914. The zero-order valence-corrected chi connectivity index (χ0v) is 11.7. The van der Waals surface area contributed by atoms with E-state index in [1.165, 1.54) is 23.3 Å². The number of halogens is 1. The maximum absolute atomic E-state index is 13.3. The number of benzene rings is 2. The van der Waals surface area contributed by atoms with Gasteiger partial charge in [-0.2, -0.15) is 5.26 Å². The number of nitrogens with one attached hydrogen (secondary N) is 1. The number of aryl methyl sites for hydroxylation is 1. The summed E-state index contributed by atoms with van der Waals surface area (Å²) in [6.07, 6.45) is 0. The summed E-state index contributed by atoms with van der Waals surface area (Å²) in [6.45, 7) is 4.66. The second-order valence-corrected chi connectivity index (χ2v) is 4.98. The molecule has 0 saturated heterocycles. The Morgan fingerprint density at radius 3 is 2.75 bits per heavy atom. The Kier molecular flexibility index (Phi) is 4.49. The average molecular weight is 268 g/mol. The molecule has 0 radical (unpaired) electrons. The molecule has 1 N–H and O–H groups in total. The fourth-order valence-electron chi connectivity index (χ4n) is 2.15. The van der Waals surface area contributed by atoms with E-state index in [1.807, 2.05) is 12.1 Å². The lowest BCUT2D eigenvalue weighted by molar-refractivity contribution is 0.569. The van der Waals surface area contributed by atoms with Gasteiger partial charge in [-0.15, -0.1) is 0 Å². The van der Waals surface area contributed by atoms with Crippen LogP contribution >= 0.6 is 0 Å². The standard InChI is InChI=1S/C17H17FN2/c1-12-4-3-5-16(6-12)13(2)20-11-15-7-14(10-19)8-17(18)9-15/h3-9,13,20H,11H2,1-2H3/t13-/m1/s1. The number of hydrogen-bond acceptors (Lipinski definition) is 2. The highest BCUT2D eigenvalue weighted by molar-refractivity contribution is 5.33. The van der Waals surface area contributed by atoms with Gasteiger partial charge in [0.1, 0.15) is 5.82 Å². The Bertz CT molecular complexity index is 644. The van der Waals surface area contributed by atoms with Crippen molar-refractivity contribution in [1.29, 1.82) is 5.26 Å². The van der Waals surface area contributed by atoms with Crippen molar-refractivity contribution in [3.05, 3.63) is 70.5 Å². The number of hydrogen-bond donors (Lipinski definition) is 1. The highest BCUT2D eigenvalue weighted by atomic mass is 19.1. The fraction of sp³-hybridized carbons (Fsp3) is 0.235. The molecule has 0 spiro atoms. The van der Waals surface area contributed by atoms with Gasteiger partial charge in [0.2, 0.25) is 0 Å². The largest absolute Gasteiger partial charge is 0.306 e. The van der Waals surface area contributed by atoms with Gasteiger partial charge in [-0.1, -0.05) is 29.8 Å². The molecule has 0 aliphatic heterocycles. The molecule has 0 bridgehead atoms. The van der Waals surface area contributed by atoms with Gasteiger partial charge >= 0.3 is 0 Å². The first-order valence-electron chi connectivity index (χ1n) is 6.58. The lowest BCUT2D eigenvalue weighted by atomic mass is 10.1. The van der Waals surface area contributed by atoms with Crippen molar-refractivity contribution < 1.29 is 4.39 Å². The Labute approximate surface area is 118 Å². The van der Waals surface area contributed by atoms with Gasteiger partial charge in [0.15, 0.2) is 0 Å². The Hall–Kier alpha value is -2.18. The number of rotatable bonds is 4. The maximum Gasteiger partial charge on any atom is 0.124 e. The highest BCUT2D eigenvalue weighted by Crippen LogP contribution is 2.15. The normalized spacial score (nSPS) is 11.9. The van der Waals surface area contributed by atoms with Crippen molar-refractivity contribution in [3.63, 3.8) is 0 Å². The first kappa shape index (κ1) is 14.2. The molecule has 2 aromatic rings. The second kappa shape index (κ2) is 6.31. The van der Waals surface area contributed by atoms with Crippen LogP contribution in [0.5, 0.6) is 0 Å². The summed E-state index contributed by atoms with van der Waals surface area (Å²) in [5, 5.41) is 12.2. The van der Waals surface area contributed by atoms with Gasteiger partial charge < -0.3 is 5.32 Å². The molecule has 3 heteroatoms. The van der Waals surface area contributed by atoms with E-state index in [0.29, 0.717) is 12.1 Å². The van der Waals surface area contributed by atoms with Crippen LogP contribution < -0.4 is 5.32 Å². The minimum Gasteiger partial charge on any atom is -0.306 e. The third-order valence-electron chi connectivity index (χ3n) is 3.24. The zero-order valence-electron chi connectivity index (χ0n) is 11.7. The summed E-state index contributed by atoms with van der Waals surface area (Å²) < 4.78 is 13.3. The van der Waals surface area contributed by atoms with Gasteiger partial charge in [0.25, 0.3) is 0 Å². The van der Waals surface area contributed by atoms with Crippen molar-refractivity contribution in [2.45, 2.75) is 26.4 Å². The van der Waals surface area contributed by atoms with E-state index in [2.05, 4.69) is 37.4 Å². The van der Waals surface area contributed by atoms with E-state index in [4.69, 9.17) is 5.26 Å². The first-order chi connectivity index (χ1) is 9.58. The Balaban J connectivity index is 2.05. The number of nitrogens with zero attached hydrogens (tertiary/aromatic N) is 1. The summed E-state index contributed by atoms with van der Waals surface area (Å²) in [5.74, 6) is -0.371. The molecular weight excluding hydrogens is 251 g/mol. The van der Waals surface area contributed by atoms with E-state index < -0.39 is 0 Å². The molecule has 0 unspecified atom stereocenters. The van der Waals surface area contributed by atoms with Crippen molar-refractivity contribution >= 4 is 0 Å². The van der Waals surface area contributed by atoms with Crippen molar-refractivity contribution in [1.82, 2.24) is 5.32 Å². The minimum absolute atomic E-state index is 0.170. The van der Waals surface area contributed by atoms with Crippen LogP contribution in [-0.2, 0) is 6.54 Å². The molecule has 2 rings (SSSR count). The van der Waals surface area contributed by atoms with Crippen LogP contribution in [0.15, 0.2) is 42.5 Å². The predicted molar refractivity (Wildman–Crippen MR) is 77.5 cm³/mol. The van der Waals surface area contributed by atoms with E-state index in [0.717, 1.165) is 5.56 Å². The molecule has 0 amide bonds. The van der Waals surface area contributed by atoms with Gasteiger partial charge in [-0.25, -0.2) is 4.39 Å². The van der Waals surface area contributed by atoms with Crippen molar-refractivity contribution in [3.8, 4) is 6.07 Å². The van der Waals surface area contributed by atoms with Crippen LogP contribution in [0.4, 0.5) is 4.39 Å². The second-order valence-electron chi connectivity index (χ2n) is 4.98. The zero-order chi connectivity index (χ0) is 14.5. The van der Waals surface area contributed by atoms with Crippen LogP contribution in [0.25, 0.3) is 0 Å². The average Bonchev–Trinajstić information content (AvgIpc) is 2.44. The molecule has 2 aromatic carbocycles. The number of nitriles is 1.